The van der Waals surface area contributed by atoms with E-state index >= 15 is 0 Å². The average molecular weight is 343 g/mol. The second-order valence-electron chi connectivity index (χ2n) is 4.72. The molecule has 1 aromatic heterocycles. The first-order valence-corrected chi connectivity index (χ1v) is 7.46. The third-order valence-corrected chi connectivity index (χ3v) is 4.01. The highest BCUT2D eigenvalue weighted by Gasteiger charge is 2.03. The zero-order valence-corrected chi connectivity index (χ0v) is 13.2. The topological polar surface area (TPSA) is 34.1 Å². The monoisotopic (exact) mass is 342 g/mol. The van der Waals surface area contributed by atoms with Crippen LogP contribution in [0.5, 0.6) is 5.75 Å². The van der Waals surface area contributed by atoms with Crippen LogP contribution in [0.2, 0.25) is 0 Å². The largest absolute Gasteiger partial charge is 0.496 e. The molecule has 0 unspecified atom stereocenters. The van der Waals surface area contributed by atoms with Gasteiger partial charge in [0.2, 0.25) is 0 Å². The molecule has 0 saturated heterocycles. The Balaban J connectivity index is 1.82. The molecule has 0 saturated carbocycles. The molecule has 0 bridgehead atoms. The van der Waals surface area contributed by atoms with E-state index in [0.29, 0.717) is 0 Å². The number of aromatic nitrogens is 1. The molecule has 0 radical (unpaired) electrons. The molecule has 0 atom stereocenters. The highest BCUT2D eigenvalue weighted by molar-refractivity contribution is 9.10. The van der Waals surface area contributed by atoms with Gasteiger partial charge < -0.3 is 10.1 Å². The molecule has 0 fully saturated rings. The van der Waals surface area contributed by atoms with Gasteiger partial charge in [0.25, 0.3) is 0 Å². The Labute approximate surface area is 132 Å². The maximum absolute atomic E-state index is 5.24. The number of halogens is 1. The number of pyridine rings is 1. The number of nitrogens with one attached hydrogen (secondary N) is 1. The number of fused-ring (bicyclic) bond motifs is 1. The summed E-state index contributed by atoms with van der Waals surface area (Å²) in [6, 6.07) is 14.2. The van der Waals surface area contributed by atoms with Crippen LogP contribution in [0.1, 0.15) is 5.56 Å². The number of hydrogen-bond acceptors (Lipinski definition) is 3. The normalized spacial score (nSPS) is 10.6. The molecule has 1 N–H and O–H groups in total. The maximum atomic E-state index is 5.24. The van der Waals surface area contributed by atoms with Crippen LogP contribution >= 0.6 is 15.9 Å². The first-order chi connectivity index (χ1) is 10.3. The Bertz CT molecular complexity index is 768. The molecule has 0 aliphatic rings. The van der Waals surface area contributed by atoms with Crippen molar-refractivity contribution in [1.29, 1.82) is 0 Å². The minimum absolute atomic E-state index is 0.729. The molecule has 0 spiro atoms. The van der Waals surface area contributed by atoms with Crippen LogP contribution in [0.25, 0.3) is 10.8 Å². The molecule has 1 heterocycles. The fourth-order valence-corrected chi connectivity index (χ4v) is 2.83. The summed E-state index contributed by atoms with van der Waals surface area (Å²) < 4.78 is 6.17. The summed E-state index contributed by atoms with van der Waals surface area (Å²) >= 11 is 3.50. The second kappa shape index (κ2) is 6.14. The van der Waals surface area contributed by atoms with Crippen molar-refractivity contribution in [3.63, 3.8) is 0 Å². The van der Waals surface area contributed by atoms with E-state index in [2.05, 4.69) is 44.4 Å². The Kier molecular flexibility index (Phi) is 4.06. The number of rotatable bonds is 4. The number of nitrogens with zero attached hydrogens (tertiary/aromatic N) is 1. The van der Waals surface area contributed by atoms with Gasteiger partial charge in [-0.3, -0.25) is 4.98 Å². The first-order valence-electron chi connectivity index (χ1n) is 6.67. The highest BCUT2D eigenvalue weighted by atomic mass is 79.9. The molecule has 3 nitrogen and oxygen atoms in total. The molecule has 3 rings (SSSR count). The van der Waals surface area contributed by atoms with Crippen molar-refractivity contribution in [3.05, 3.63) is 64.9 Å². The number of methoxy groups -OCH3 is 1. The Morgan fingerprint density at radius 1 is 1.14 bits per heavy atom. The van der Waals surface area contributed by atoms with Gasteiger partial charge in [-0.2, -0.15) is 0 Å². The van der Waals surface area contributed by atoms with Gasteiger partial charge >= 0.3 is 0 Å². The molecule has 3 aromatic rings. The predicted molar refractivity (Wildman–Crippen MR) is 89.8 cm³/mol. The average Bonchev–Trinajstić information content (AvgIpc) is 2.53. The lowest BCUT2D eigenvalue weighted by atomic mass is 10.1. The molecular formula is C17H15BrN2O. The standard InChI is InChI=1S/C17H15BrN2O/c1-21-17-7-6-14(8-16(17)18)20-11-13-10-19-9-12-4-2-3-5-15(12)13/h2-10,20H,11H2,1H3. The number of ether oxygens (including phenoxy) is 1. The summed E-state index contributed by atoms with van der Waals surface area (Å²) in [7, 11) is 1.66. The fraction of sp³-hybridized carbons (Fsp3) is 0.118. The van der Waals surface area contributed by atoms with Crippen molar-refractivity contribution in [2.24, 2.45) is 0 Å². The Hall–Kier alpha value is -2.07. The van der Waals surface area contributed by atoms with Gasteiger partial charge in [0, 0.05) is 30.0 Å². The van der Waals surface area contributed by atoms with Gasteiger partial charge in [0.15, 0.2) is 0 Å². The smallest absolute Gasteiger partial charge is 0.133 e. The highest BCUT2D eigenvalue weighted by Crippen LogP contribution is 2.28. The lowest BCUT2D eigenvalue weighted by molar-refractivity contribution is 0.412. The summed E-state index contributed by atoms with van der Waals surface area (Å²) in [6.07, 6.45) is 3.80. The van der Waals surface area contributed by atoms with Gasteiger partial charge in [-0.1, -0.05) is 24.3 Å². The summed E-state index contributed by atoms with van der Waals surface area (Å²) in [6.45, 7) is 0.729. The van der Waals surface area contributed by atoms with Gasteiger partial charge in [-0.15, -0.1) is 0 Å². The molecular weight excluding hydrogens is 328 g/mol. The minimum Gasteiger partial charge on any atom is -0.496 e. The molecule has 4 heteroatoms. The Morgan fingerprint density at radius 3 is 2.81 bits per heavy atom. The van der Waals surface area contributed by atoms with E-state index < -0.39 is 0 Å². The van der Waals surface area contributed by atoms with E-state index in [1.165, 1.54) is 10.9 Å². The summed E-state index contributed by atoms with van der Waals surface area (Å²) in [5.74, 6) is 0.826. The van der Waals surface area contributed by atoms with Crippen LogP contribution in [0.3, 0.4) is 0 Å². The molecule has 21 heavy (non-hydrogen) atoms. The van der Waals surface area contributed by atoms with Crippen molar-refractivity contribution in [1.82, 2.24) is 4.98 Å². The summed E-state index contributed by atoms with van der Waals surface area (Å²) in [5.41, 5.74) is 2.22. The van der Waals surface area contributed by atoms with E-state index in [-0.39, 0.29) is 0 Å². The van der Waals surface area contributed by atoms with E-state index in [1.807, 2.05) is 36.7 Å². The third kappa shape index (κ3) is 3.00. The van der Waals surface area contributed by atoms with Crippen LogP contribution in [0.15, 0.2) is 59.3 Å². The van der Waals surface area contributed by atoms with Crippen molar-refractivity contribution >= 4 is 32.4 Å². The molecule has 106 valence electrons. The molecule has 2 aromatic carbocycles. The van der Waals surface area contributed by atoms with Crippen molar-refractivity contribution in [2.75, 3.05) is 12.4 Å². The van der Waals surface area contributed by atoms with Gasteiger partial charge in [0.05, 0.1) is 11.6 Å². The molecule has 0 aliphatic heterocycles. The van der Waals surface area contributed by atoms with E-state index in [1.54, 1.807) is 7.11 Å². The van der Waals surface area contributed by atoms with Crippen molar-refractivity contribution in [3.8, 4) is 5.75 Å². The van der Waals surface area contributed by atoms with E-state index in [0.717, 1.165) is 27.8 Å². The third-order valence-electron chi connectivity index (χ3n) is 3.39. The molecule has 0 amide bonds. The van der Waals surface area contributed by atoms with Crippen LogP contribution in [0.4, 0.5) is 5.69 Å². The SMILES string of the molecule is COc1ccc(NCc2cncc3ccccc23)cc1Br. The van der Waals surface area contributed by atoms with E-state index in [9.17, 15) is 0 Å². The quantitative estimate of drug-likeness (QED) is 0.751. The summed E-state index contributed by atoms with van der Waals surface area (Å²) in [5, 5.41) is 5.81. The van der Waals surface area contributed by atoms with Crippen LogP contribution < -0.4 is 10.1 Å². The van der Waals surface area contributed by atoms with Crippen molar-refractivity contribution < 1.29 is 4.74 Å². The minimum atomic E-state index is 0.729. The maximum Gasteiger partial charge on any atom is 0.133 e. The summed E-state index contributed by atoms with van der Waals surface area (Å²) in [4.78, 5) is 4.30. The van der Waals surface area contributed by atoms with Gasteiger partial charge in [0.1, 0.15) is 5.75 Å². The lowest BCUT2D eigenvalue weighted by Gasteiger charge is -2.10. The van der Waals surface area contributed by atoms with E-state index in [4.69, 9.17) is 4.74 Å². The van der Waals surface area contributed by atoms with Crippen molar-refractivity contribution in [2.45, 2.75) is 6.54 Å². The van der Waals surface area contributed by atoms with Crippen LogP contribution in [0, 0.1) is 0 Å². The number of benzene rings is 2. The lowest BCUT2D eigenvalue weighted by Crippen LogP contribution is -2.01. The number of anilines is 1. The second-order valence-corrected chi connectivity index (χ2v) is 5.58. The fourth-order valence-electron chi connectivity index (χ4n) is 2.29. The zero-order chi connectivity index (χ0) is 14.7. The first kappa shape index (κ1) is 13.9. The number of hydrogen-bond donors (Lipinski definition) is 1. The predicted octanol–water partition coefficient (Wildman–Crippen LogP) is 4.62. The Morgan fingerprint density at radius 2 is 2.00 bits per heavy atom. The molecule has 0 aliphatic carbocycles. The zero-order valence-electron chi connectivity index (χ0n) is 11.6. The van der Waals surface area contributed by atoms with Gasteiger partial charge in [-0.25, -0.2) is 0 Å². The van der Waals surface area contributed by atoms with Crippen LogP contribution in [-0.4, -0.2) is 12.1 Å². The van der Waals surface area contributed by atoms with Gasteiger partial charge in [-0.05, 0) is 45.1 Å². The van der Waals surface area contributed by atoms with Crippen LogP contribution in [-0.2, 0) is 6.54 Å².